The van der Waals surface area contributed by atoms with Gasteiger partial charge in [0.05, 0.1) is 10.3 Å². The largest absolute Gasteiger partial charge is 0.389 e. The summed E-state index contributed by atoms with van der Waals surface area (Å²) in [6, 6.07) is 0.133. The molecule has 0 radical (unpaired) electrons. The minimum Gasteiger partial charge on any atom is -0.389 e. The highest BCUT2D eigenvalue weighted by Gasteiger charge is 2.55. The highest BCUT2D eigenvalue weighted by molar-refractivity contribution is 7.90. The third-order valence-corrected chi connectivity index (χ3v) is 6.08. The van der Waals surface area contributed by atoms with E-state index in [0.29, 0.717) is 0 Å². The maximum absolute atomic E-state index is 12.4. The molecule has 0 amide bonds. The Morgan fingerprint density at radius 1 is 1.38 bits per heavy atom. The zero-order valence-electron chi connectivity index (χ0n) is 10.2. The first kappa shape index (κ1) is 12.3. The van der Waals surface area contributed by atoms with Crippen molar-refractivity contribution in [1.29, 1.82) is 0 Å². The van der Waals surface area contributed by atoms with Gasteiger partial charge in [-0.25, -0.2) is 8.42 Å². The fraction of sp³-hybridized carbons (Fsp3) is 1.00. The molecule has 0 aromatic carbocycles. The van der Waals surface area contributed by atoms with Crippen LogP contribution in [0.15, 0.2) is 0 Å². The number of nitrogens with zero attached hydrogens (tertiary/aromatic N) is 1. The second-order valence-corrected chi connectivity index (χ2v) is 8.45. The molecule has 2 aliphatic carbocycles. The van der Waals surface area contributed by atoms with Gasteiger partial charge in [-0.15, -0.1) is 0 Å². The molecule has 2 aliphatic rings. The highest BCUT2D eigenvalue weighted by Crippen LogP contribution is 2.47. The van der Waals surface area contributed by atoms with Crippen LogP contribution in [0.3, 0.4) is 0 Å². The molecule has 0 unspecified atom stereocenters. The van der Waals surface area contributed by atoms with Crippen molar-refractivity contribution in [2.24, 2.45) is 0 Å². The molecule has 0 bridgehead atoms. The molecule has 0 aromatic heterocycles. The zero-order chi connectivity index (χ0) is 12.2. The van der Waals surface area contributed by atoms with Crippen LogP contribution in [0, 0.1) is 0 Å². The first-order valence-electron chi connectivity index (χ1n) is 5.90. The summed E-state index contributed by atoms with van der Waals surface area (Å²) in [6.45, 7) is 5.35. The van der Waals surface area contributed by atoms with Gasteiger partial charge in [-0.2, -0.15) is 4.31 Å². The monoisotopic (exact) mass is 247 g/mol. The van der Waals surface area contributed by atoms with Crippen LogP contribution in [0.5, 0.6) is 0 Å². The van der Waals surface area contributed by atoms with E-state index in [4.69, 9.17) is 0 Å². The summed E-state index contributed by atoms with van der Waals surface area (Å²) in [5.41, 5.74) is -0.957. The van der Waals surface area contributed by atoms with Crippen molar-refractivity contribution in [2.75, 3.05) is 6.54 Å². The summed E-state index contributed by atoms with van der Waals surface area (Å²) in [7, 11) is -3.22. The maximum Gasteiger partial charge on any atom is 0.219 e. The van der Waals surface area contributed by atoms with Gasteiger partial charge in [-0.1, -0.05) is 0 Å². The first-order chi connectivity index (χ1) is 7.16. The predicted octanol–water partition coefficient (Wildman–Crippen LogP) is 1.10. The molecule has 2 fully saturated rings. The molecular formula is C11H21NO3S. The van der Waals surface area contributed by atoms with Gasteiger partial charge in [-0.05, 0) is 46.5 Å². The zero-order valence-corrected chi connectivity index (χ0v) is 11.0. The van der Waals surface area contributed by atoms with Crippen molar-refractivity contribution < 1.29 is 13.5 Å². The molecule has 0 heterocycles. The Morgan fingerprint density at radius 2 is 1.88 bits per heavy atom. The SMILES string of the molecule is CC(C)(O)CN(C1CC1)S(=O)(=O)C1(C)CC1. The lowest BCUT2D eigenvalue weighted by atomic mass is 10.1. The fourth-order valence-electron chi connectivity index (χ4n) is 1.87. The molecule has 1 N–H and O–H groups in total. The lowest BCUT2D eigenvalue weighted by Crippen LogP contribution is -2.47. The average molecular weight is 247 g/mol. The van der Waals surface area contributed by atoms with Crippen LogP contribution in [0.2, 0.25) is 0 Å². The molecule has 2 rings (SSSR count). The standard InChI is InChI=1S/C11H21NO3S/c1-10(2,13)8-12(9-4-5-9)16(14,15)11(3)6-7-11/h9,13H,4-8H2,1-3H3. The smallest absolute Gasteiger partial charge is 0.219 e. The summed E-state index contributed by atoms with van der Waals surface area (Å²) < 4.78 is 25.8. The van der Waals surface area contributed by atoms with Crippen molar-refractivity contribution in [3.8, 4) is 0 Å². The van der Waals surface area contributed by atoms with Crippen LogP contribution in [-0.2, 0) is 10.0 Å². The molecule has 16 heavy (non-hydrogen) atoms. The van der Waals surface area contributed by atoms with Crippen LogP contribution < -0.4 is 0 Å². The molecule has 0 aliphatic heterocycles. The van der Waals surface area contributed by atoms with E-state index in [9.17, 15) is 13.5 Å². The molecule has 2 saturated carbocycles. The Hall–Kier alpha value is -0.130. The Morgan fingerprint density at radius 3 is 2.19 bits per heavy atom. The van der Waals surface area contributed by atoms with E-state index in [-0.39, 0.29) is 12.6 Å². The first-order valence-corrected chi connectivity index (χ1v) is 7.34. The number of sulfonamides is 1. The quantitative estimate of drug-likeness (QED) is 0.791. The van der Waals surface area contributed by atoms with Crippen LogP contribution in [0.1, 0.15) is 46.5 Å². The Kier molecular flexibility index (Phi) is 2.64. The molecule has 94 valence electrons. The predicted molar refractivity (Wildman–Crippen MR) is 62.6 cm³/mol. The van der Waals surface area contributed by atoms with Crippen LogP contribution in [0.4, 0.5) is 0 Å². The molecule has 0 saturated heterocycles. The van der Waals surface area contributed by atoms with E-state index in [1.165, 1.54) is 0 Å². The highest BCUT2D eigenvalue weighted by atomic mass is 32.2. The van der Waals surface area contributed by atoms with Gasteiger partial charge in [0.1, 0.15) is 0 Å². The molecule has 4 nitrogen and oxygen atoms in total. The Balaban J connectivity index is 2.20. The minimum atomic E-state index is -3.22. The fourth-order valence-corrected chi connectivity index (χ4v) is 4.14. The molecule has 0 aromatic rings. The number of hydrogen-bond acceptors (Lipinski definition) is 3. The van der Waals surface area contributed by atoms with E-state index in [2.05, 4.69) is 0 Å². The lowest BCUT2D eigenvalue weighted by molar-refractivity contribution is 0.0572. The summed E-state index contributed by atoms with van der Waals surface area (Å²) in [5.74, 6) is 0. The van der Waals surface area contributed by atoms with Gasteiger partial charge < -0.3 is 5.11 Å². The minimum absolute atomic E-state index is 0.133. The Bertz CT molecular complexity index is 375. The summed E-state index contributed by atoms with van der Waals surface area (Å²) in [5, 5.41) is 9.81. The van der Waals surface area contributed by atoms with E-state index in [0.717, 1.165) is 25.7 Å². The summed E-state index contributed by atoms with van der Waals surface area (Å²) in [4.78, 5) is 0. The Labute approximate surface area is 97.7 Å². The second kappa shape index (κ2) is 3.43. The second-order valence-electron chi connectivity index (χ2n) is 6.04. The molecule has 0 spiro atoms. The average Bonchev–Trinajstić information content (AvgIpc) is 2.91. The van der Waals surface area contributed by atoms with Crippen molar-refractivity contribution >= 4 is 10.0 Å². The van der Waals surface area contributed by atoms with Crippen molar-refractivity contribution in [1.82, 2.24) is 4.31 Å². The van der Waals surface area contributed by atoms with E-state index in [1.807, 2.05) is 6.92 Å². The lowest BCUT2D eigenvalue weighted by Gasteiger charge is -2.30. The van der Waals surface area contributed by atoms with Gasteiger partial charge >= 0.3 is 0 Å². The molecule has 5 heteroatoms. The van der Waals surface area contributed by atoms with Gasteiger partial charge in [0, 0.05) is 12.6 Å². The van der Waals surface area contributed by atoms with Gasteiger partial charge in [-0.3, -0.25) is 0 Å². The van der Waals surface area contributed by atoms with E-state index < -0.39 is 20.4 Å². The van der Waals surface area contributed by atoms with Gasteiger partial charge in [0.15, 0.2) is 0 Å². The molecular weight excluding hydrogens is 226 g/mol. The number of rotatable bonds is 5. The van der Waals surface area contributed by atoms with E-state index in [1.54, 1.807) is 18.2 Å². The topological polar surface area (TPSA) is 57.6 Å². The molecule has 0 atom stereocenters. The maximum atomic E-state index is 12.4. The third kappa shape index (κ3) is 2.26. The van der Waals surface area contributed by atoms with Gasteiger partial charge in [0.25, 0.3) is 0 Å². The van der Waals surface area contributed by atoms with Crippen molar-refractivity contribution in [3.05, 3.63) is 0 Å². The third-order valence-electron chi connectivity index (χ3n) is 3.38. The van der Waals surface area contributed by atoms with Crippen LogP contribution >= 0.6 is 0 Å². The number of aliphatic hydroxyl groups is 1. The van der Waals surface area contributed by atoms with Crippen LogP contribution in [0.25, 0.3) is 0 Å². The van der Waals surface area contributed by atoms with Crippen LogP contribution in [-0.4, -0.2) is 40.8 Å². The van der Waals surface area contributed by atoms with E-state index >= 15 is 0 Å². The normalized spacial score (nSPS) is 24.8. The van der Waals surface area contributed by atoms with Gasteiger partial charge in [0.2, 0.25) is 10.0 Å². The number of hydrogen-bond donors (Lipinski definition) is 1. The van der Waals surface area contributed by atoms with Crippen molar-refractivity contribution in [2.45, 2.75) is 62.8 Å². The summed E-state index contributed by atoms with van der Waals surface area (Å²) >= 11 is 0. The summed E-state index contributed by atoms with van der Waals surface area (Å²) in [6.07, 6.45) is 3.38. The van der Waals surface area contributed by atoms with Crippen molar-refractivity contribution in [3.63, 3.8) is 0 Å².